The zero-order valence-corrected chi connectivity index (χ0v) is 16.5. The van der Waals surface area contributed by atoms with Gasteiger partial charge in [-0.05, 0) is 49.1 Å². The smallest absolute Gasteiger partial charge is 0.260 e. The van der Waals surface area contributed by atoms with Crippen molar-refractivity contribution in [2.45, 2.75) is 38.2 Å². The Labute approximate surface area is 171 Å². The molecule has 1 unspecified atom stereocenters. The van der Waals surface area contributed by atoms with E-state index in [-0.39, 0.29) is 24.8 Å². The molecule has 0 spiro atoms. The number of ether oxygens (including phenoxy) is 4. The van der Waals surface area contributed by atoms with Crippen LogP contribution in [0.3, 0.4) is 0 Å². The molecule has 0 aromatic heterocycles. The second-order valence-corrected chi connectivity index (χ2v) is 7.29. The lowest BCUT2D eigenvalue weighted by Crippen LogP contribution is -2.51. The topological polar surface area (TPSA) is 57.2 Å². The van der Waals surface area contributed by atoms with E-state index < -0.39 is 0 Å². The van der Waals surface area contributed by atoms with Crippen molar-refractivity contribution in [3.05, 3.63) is 60.2 Å². The Bertz CT molecular complexity index is 774. The Morgan fingerprint density at radius 1 is 0.931 bits per heavy atom. The third-order valence-corrected chi connectivity index (χ3v) is 5.27. The molecule has 2 aliphatic rings. The molecule has 6 nitrogen and oxygen atoms in total. The van der Waals surface area contributed by atoms with Crippen LogP contribution in [0.25, 0.3) is 0 Å². The molecule has 2 aromatic carbocycles. The highest BCUT2D eigenvalue weighted by Crippen LogP contribution is 2.25. The third-order valence-electron chi connectivity index (χ3n) is 5.27. The number of carbonyl (C=O) groups is 1. The summed E-state index contributed by atoms with van der Waals surface area (Å²) >= 11 is 0. The molecule has 2 aromatic rings. The van der Waals surface area contributed by atoms with Gasteiger partial charge in [-0.15, -0.1) is 0 Å². The van der Waals surface area contributed by atoms with Gasteiger partial charge in [0.25, 0.3) is 5.91 Å². The van der Waals surface area contributed by atoms with Gasteiger partial charge in [0.15, 0.2) is 12.9 Å². The summed E-state index contributed by atoms with van der Waals surface area (Å²) in [6.45, 7) is 2.44. The maximum Gasteiger partial charge on any atom is 0.260 e. The molecular formula is C23H27NO5. The van der Waals surface area contributed by atoms with E-state index in [0.29, 0.717) is 25.6 Å². The van der Waals surface area contributed by atoms with E-state index in [4.69, 9.17) is 18.9 Å². The number of hydrogen-bond donors (Lipinski definition) is 0. The quantitative estimate of drug-likeness (QED) is 0.717. The Hall–Kier alpha value is -2.57. The van der Waals surface area contributed by atoms with Gasteiger partial charge in [0, 0.05) is 6.54 Å². The molecule has 29 heavy (non-hydrogen) atoms. The van der Waals surface area contributed by atoms with Crippen molar-refractivity contribution in [2.24, 2.45) is 0 Å². The van der Waals surface area contributed by atoms with Gasteiger partial charge in [0.2, 0.25) is 0 Å². The summed E-state index contributed by atoms with van der Waals surface area (Å²) in [5.74, 6) is 1.38. The van der Waals surface area contributed by atoms with Gasteiger partial charge in [0.1, 0.15) is 18.1 Å². The average Bonchev–Trinajstić information content (AvgIpc) is 3.32. The molecule has 0 N–H and O–H groups in total. The lowest BCUT2D eigenvalue weighted by atomic mass is 10.0. The minimum atomic E-state index is -0.305. The Morgan fingerprint density at radius 2 is 1.62 bits per heavy atom. The maximum atomic E-state index is 12.7. The van der Waals surface area contributed by atoms with Gasteiger partial charge >= 0.3 is 0 Å². The number of benzene rings is 2. The molecule has 0 bridgehead atoms. The summed E-state index contributed by atoms with van der Waals surface area (Å²) in [5.41, 5.74) is 1.12. The molecule has 1 atom stereocenters. The zero-order valence-electron chi connectivity index (χ0n) is 16.5. The predicted octanol–water partition coefficient (Wildman–Crippen LogP) is 3.40. The van der Waals surface area contributed by atoms with Gasteiger partial charge in [-0.1, -0.05) is 30.3 Å². The monoisotopic (exact) mass is 397 g/mol. The SMILES string of the molecule is O=C(COc1ccc(OCc2ccccc2)cc1)N1CCCCC1C1OCCO1. The minimum Gasteiger partial charge on any atom is -0.489 e. The van der Waals surface area contributed by atoms with Crippen LogP contribution in [0, 0.1) is 0 Å². The van der Waals surface area contributed by atoms with E-state index in [1.165, 1.54) is 0 Å². The minimum absolute atomic E-state index is 0.00738. The standard InChI is InChI=1S/C23H27NO5/c25-22(24-13-5-4-8-21(24)23-26-14-15-27-23)17-29-20-11-9-19(10-12-20)28-16-18-6-2-1-3-7-18/h1-3,6-7,9-12,21,23H,4-5,8,13-17H2. The number of amides is 1. The number of likely N-dealkylation sites (tertiary alicyclic amines) is 1. The highest BCUT2D eigenvalue weighted by molar-refractivity contribution is 5.78. The molecule has 2 aliphatic heterocycles. The summed E-state index contributed by atoms with van der Waals surface area (Å²) in [6.07, 6.45) is 2.69. The average molecular weight is 397 g/mol. The molecule has 1 amide bonds. The van der Waals surface area contributed by atoms with Crippen molar-refractivity contribution in [3.8, 4) is 11.5 Å². The fourth-order valence-corrected chi connectivity index (χ4v) is 3.75. The van der Waals surface area contributed by atoms with Crippen LogP contribution in [-0.4, -0.2) is 49.5 Å². The Balaban J connectivity index is 1.27. The predicted molar refractivity (Wildman–Crippen MR) is 108 cm³/mol. The second-order valence-electron chi connectivity index (χ2n) is 7.29. The highest BCUT2D eigenvalue weighted by atomic mass is 16.7. The zero-order chi connectivity index (χ0) is 19.9. The normalized spacial score (nSPS) is 19.9. The Kier molecular flexibility index (Phi) is 6.64. The summed E-state index contributed by atoms with van der Waals surface area (Å²) in [7, 11) is 0. The van der Waals surface area contributed by atoms with Crippen LogP contribution in [-0.2, 0) is 20.9 Å². The largest absolute Gasteiger partial charge is 0.489 e. The molecule has 6 heteroatoms. The lowest BCUT2D eigenvalue weighted by molar-refractivity contribution is -0.152. The summed E-state index contributed by atoms with van der Waals surface area (Å²) in [6, 6.07) is 17.4. The molecular weight excluding hydrogens is 370 g/mol. The molecule has 0 radical (unpaired) electrons. The van der Waals surface area contributed by atoms with Crippen molar-refractivity contribution >= 4 is 5.91 Å². The van der Waals surface area contributed by atoms with Crippen LogP contribution in [0.4, 0.5) is 0 Å². The molecule has 2 saturated heterocycles. The van der Waals surface area contributed by atoms with Crippen molar-refractivity contribution < 1.29 is 23.7 Å². The maximum absolute atomic E-state index is 12.7. The highest BCUT2D eigenvalue weighted by Gasteiger charge is 2.36. The van der Waals surface area contributed by atoms with Crippen molar-refractivity contribution in [1.29, 1.82) is 0 Å². The second kappa shape index (κ2) is 9.76. The molecule has 154 valence electrons. The first kappa shape index (κ1) is 19.7. The van der Waals surface area contributed by atoms with Gasteiger partial charge in [-0.2, -0.15) is 0 Å². The fraction of sp³-hybridized carbons (Fsp3) is 0.435. The van der Waals surface area contributed by atoms with E-state index in [2.05, 4.69) is 0 Å². The number of rotatable bonds is 7. The Morgan fingerprint density at radius 3 is 2.34 bits per heavy atom. The molecule has 0 aliphatic carbocycles. The first-order valence-electron chi connectivity index (χ1n) is 10.2. The van der Waals surface area contributed by atoms with Gasteiger partial charge < -0.3 is 23.8 Å². The van der Waals surface area contributed by atoms with E-state index in [1.54, 1.807) is 0 Å². The summed E-state index contributed by atoms with van der Waals surface area (Å²) in [4.78, 5) is 14.6. The van der Waals surface area contributed by atoms with Crippen LogP contribution >= 0.6 is 0 Å². The van der Waals surface area contributed by atoms with Crippen molar-refractivity contribution in [2.75, 3.05) is 26.4 Å². The first-order chi connectivity index (χ1) is 14.3. The summed E-state index contributed by atoms with van der Waals surface area (Å²) in [5, 5.41) is 0. The van der Waals surface area contributed by atoms with Crippen LogP contribution < -0.4 is 9.47 Å². The van der Waals surface area contributed by atoms with Crippen LogP contribution in [0.5, 0.6) is 11.5 Å². The van der Waals surface area contributed by atoms with Crippen molar-refractivity contribution in [1.82, 2.24) is 4.90 Å². The molecule has 2 fully saturated rings. The van der Waals surface area contributed by atoms with Crippen LogP contribution in [0.15, 0.2) is 54.6 Å². The first-order valence-corrected chi connectivity index (χ1v) is 10.2. The van der Waals surface area contributed by atoms with E-state index in [0.717, 1.165) is 37.1 Å². The van der Waals surface area contributed by atoms with E-state index in [9.17, 15) is 4.79 Å². The van der Waals surface area contributed by atoms with E-state index >= 15 is 0 Å². The molecule has 2 heterocycles. The number of nitrogens with zero attached hydrogens (tertiary/aromatic N) is 1. The third kappa shape index (κ3) is 5.28. The van der Waals surface area contributed by atoms with Gasteiger partial charge in [0.05, 0.1) is 19.3 Å². The van der Waals surface area contributed by atoms with Crippen LogP contribution in [0.2, 0.25) is 0 Å². The molecule has 0 saturated carbocycles. The van der Waals surface area contributed by atoms with Gasteiger partial charge in [-0.25, -0.2) is 0 Å². The van der Waals surface area contributed by atoms with Crippen LogP contribution in [0.1, 0.15) is 24.8 Å². The van der Waals surface area contributed by atoms with Crippen molar-refractivity contribution in [3.63, 3.8) is 0 Å². The van der Waals surface area contributed by atoms with Gasteiger partial charge in [-0.3, -0.25) is 4.79 Å². The van der Waals surface area contributed by atoms with E-state index in [1.807, 2.05) is 59.5 Å². The number of piperidine rings is 1. The lowest BCUT2D eigenvalue weighted by Gasteiger charge is -2.37. The number of hydrogen-bond acceptors (Lipinski definition) is 5. The summed E-state index contributed by atoms with van der Waals surface area (Å²) < 4.78 is 22.8. The fourth-order valence-electron chi connectivity index (χ4n) is 3.75. The molecule has 4 rings (SSSR count). The number of carbonyl (C=O) groups excluding carboxylic acids is 1.